The van der Waals surface area contributed by atoms with Crippen molar-refractivity contribution in [3.8, 4) is 0 Å². The molecule has 7 nitrogen and oxygen atoms in total. The Bertz CT molecular complexity index is 1370. The van der Waals surface area contributed by atoms with E-state index >= 15 is 8.78 Å². The highest BCUT2D eigenvalue weighted by Crippen LogP contribution is 2.44. The Kier molecular flexibility index (Phi) is 5.25. The molecule has 2 aliphatic rings. The van der Waals surface area contributed by atoms with Gasteiger partial charge in [-0.1, -0.05) is 23.7 Å². The summed E-state index contributed by atoms with van der Waals surface area (Å²) in [5.74, 6) is -3.42. The van der Waals surface area contributed by atoms with E-state index in [-0.39, 0.29) is 54.6 Å². The smallest absolute Gasteiger partial charge is 0.341 e. The molecule has 1 aromatic heterocycles. The van der Waals surface area contributed by atoms with E-state index in [1.54, 1.807) is 12.1 Å². The third kappa shape index (κ3) is 3.43. The fourth-order valence-corrected chi connectivity index (χ4v) is 4.74. The molecular weight excluding hydrogens is 456 g/mol. The normalized spacial score (nSPS) is 15.2. The second-order valence-electron chi connectivity index (χ2n) is 8.27. The third-order valence-corrected chi connectivity index (χ3v) is 6.51. The number of fused-ring (bicyclic) bond motifs is 2. The van der Waals surface area contributed by atoms with Gasteiger partial charge in [0.15, 0.2) is 11.6 Å². The monoisotopic (exact) mass is 475 g/mol. The van der Waals surface area contributed by atoms with E-state index in [2.05, 4.69) is 5.32 Å². The Labute approximate surface area is 191 Å². The summed E-state index contributed by atoms with van der Waals surface area (Å²) >= 11 is 6.28. The molecule has 1 aliphatic heterocycles. The second-order valence-corrected chi connectivity index (χ2v) is 8.68. The Morgan fingerprint density at radius 1 is 1.21 bits per heavy atom. The number of hydrogen-bond donors (Lipinski definition) is 3. The Balaban J connectivity index is 1.81. The number of nitrogens with one attached hydrogen (secondary N) is 1. The largest absolute Gasteiger partial charge is 0.477 e. The Morgan fingerprint density at radius 2 is 1.97 bits per heavy atom. The SMILES string of the molecule is O=C(O)c1cn(C2CC2)c2c(F)c(N3Cc4cccc(Cl)c4C3)c(F)c(NCCO)c2c1=O. The lowest BCUT2D eigenvalue weighted by Crippen LogP contribution is -2.25. The summed E-state index contributed by atoms with van der Waals surface area (Å²) in [6, 6.07) is 5.13. The van der Waals surface area contributed by atoms with Gasteiger partial charge in [0.1, 0.15) is 11.3 Å². The minimum Gasteiger partial charge on any atom is -0.477 e. The minimum atomic E-state index is -1.47. The van der Waals surface area contributed by atoms with Crippen LogP contribution in [-0.2, 0) is 13.1 Å². The zero-order chi connectivity index (χ0) is 23.4. The molecule has 33 heavy (non-hydrogen) atoms. The van der Waals surface area contributed by atoms with Crippen LogP contribution in [0.2, 0.25) is 5.02 Å². The van der Waals surface area contributed by atoms with Crippen molar-refractivity contribution in [2.75, 3.05) is 23.4 Å². The molecule has 0 amide bonds. The molecule has 0 saturated heterocycles. The molecule has 1 saturated carbocycles. The molecular formula is C23H20ClF2N3O4. The van der Waals surface area contributed by atoms with Crippen molar-refractivity contribution in [3.63, 3.8) is 0 Å². The highest BCUT2D eigenvalue weighted by molar-refractivity contribution is 6.31. The number of aromatic carboxylic acids is 1. The minimum absolute atomic E-state index is 0.108. The number of benzene rings is 2. The van der Waals surface area contributed by atoms with Gasteiger partial charge < -0.3 is 25.0 Å². The lowest BCUT2D eigenvalue weighted by atomic mass is 10.1. The molecule has 3 aromatic rings. The lowest BCUT2D eigenvalue weighted by Gasteiger charge is -2.24. The number of rotatable bonds is 6. The maximum Gasteiger partial charge on any atom is 0.341 e. The van der Waals surface area contributed by atoms with Gasteiger partial charge in [0.05, 0.1) is 23.2 Å². The van der Waals surface area contributed by atoms with Gasteiger partial charge in [0.2, 0.25) is 5.43 Å². The van der Waals surface area contributed by atoms with Crippen LogP contribution in [0.15, 0.2) is 29.2 Å². The molecule has 0 radical (unpaired) electrons. The summed E-state index contributed by atoms with van der Waals surface area (Å²) in [7, 11) is 0. The van der Waals surface area contributed by atoms with Crippen molar-refractivity contribution in [2.45, 2.75) is 32.0 Å². The fraction of sp³-hybridized carbons (Fsp3) is 0.304. The molecule has 10 heteroatoms. The topological polar surface area (TPSA) is 94.8 Å². The van der Waals surface area contributed by atoms with Crippen LogP contribution in [0.3, 0.4) is 0 Å². The van der Waals surface area contributed by atoms with E-state index in [1.165, 1.54) is 9.47 Å². The van der Waals surface area contributed by atoms with Gasteiger partial charge in [0, 0.05) is 36.9 Å². The van der Waals surface area contributed by atoms with Crippen LogP contribution in [0, 0.1) is 11.6 Å². The first-order chi connectivity index (χ1) is 15.8. The third-order valence-electron chi connectivity index (χ3n) is 6.15. The maximum absolute atomic E-state index is 16.1. The van der Waals surface area contributed by atoms with Crippen LogP contribution in [0.5, 0.6) is 0 Å². The van der Waals surface area contributed by atoms with Gasteiger partial charge in [-0.05, 0) is 30.0 Å². The number of pyridine rings is 1. The van der Waals surface area contributed by atoms with Crippen molar-refractivity contribution in [3.05, 3.63) is 68.0 Å². The van der Waals surface area contributed by atoms with Crippen LogP contribution in [0.1, 0.15) is 40.4 Å². The number of carbonyl (C=O) groups is 1. The summed E-state index contributed by atoms with van der Waals surface area (Å²) in [4.78, 5) is 26.3. The predicted molar refractivity (Wildman–Crippen MR) is 120 cm³/mol. The molecule has 172 valence electrons. The van der Waals surface area contributed by atoms with Crippen LogP contribution >= 0.6 is 11.6 Å². The average Bonchev–Trinajstić information content (AvgIpc) is 3.53. The number of aliphatic hydroxyl groups is 1. The first-order valence-electron chi connectivity index (χ1n) is 10.5. The first kappa shape index (κ1) is 21.7. The Morgan fingerprint density at radius 3 is 2.61 bits per heavy atom. The second kappa shape index (κ2) is 8.00. The van der Waals surface area contributed by atoms with E-state index in [0.29, 0.717) is 17.9 Å². The first-order valence-corrected chi connectivity index (χ1v) is 10.9. The molecule has 0 spiro atoms. The standard InChI is InChI=1S/C23H20ClF2N3O4/c24-15-3-1-2-11-8-28(9-13(11)15)21-17(25)19(27-6-7-30)16-20(18(21)26)29(12-4-5-12)10-14(22(16)31)23(32)33/h1-3,10,12,27,30H,4-9H2,(H,32,33). The lowest BCUT2D eigenvalue weighted by molar-refractivity contribution is 0.0694. The van der Waals surface area contributed by atoms with Crippen molar-refractivity contribution in [1.82, 2.24) is 4.57 Å². The summed E-state index contributed by atoms with van der Waals surface area (Å²) in [6.45, 7) is -0.0820. The Hall–Kier alpha value is -3.17. The van der Waals surface area contributed by atoms with Crippen molar-refractivity contribution in [2.24, 2.45) is 0 Å². The van der Waals surface area contributed by atoms with Gasteiger partial charge >= 0.3 is 5.97 Å². The number of aliphatic hydroxyl groups excluding tert-OH is 1. The van der Waals surface area contributed by atoms with E-state index in [9.17, 15) is 19.8 Å². The highest BCUT2D eigenvalue weighted by Gasteiger charge is 2.35. The molecule has 0 bridgehead atoms. The van der Waals surface area contributed by atoms with Crippen LogP contribution in [0.25, 0.3) is 10.9 Å². The number of hydrogen-bond acceptors (Lipinski definition) is 5. The quantitative estimate of drug-likeness (QED) is 0.500. The van der Waals surface area contributed by atoms with E-state index in [0.717, 1.165) is 17.3 Å². The highest BCUT2D eigenvalue weighted by atomic mass is 35.5. The fourth-order valence-electron chi connectivity index (χ4n) is 4.48. The summed E-state index contributed by atoms with van der Waals surface area (Å²) in [5, 5.41) is 21.6. The van der Waals surface area contributed by atoms with Gasteiger partial charge in [-0.25, -0.2) is 13.6 Å². The summed E-state index contributed by atoms with van der Waals surface area (Å²) in [6.07, 6.45) is 2.52. The molecule has 2 aromatic carbocycles. The zero-order valence-electron chi connectivity index (χ0n) is 17.4. The molecule has 1 aliphatic carbocycles. The van der Waals surface area contributed by atoms with Crippen molar-refractivity contribution in [1.29, 1.82) is 0 Å². The number of nitrogens with zero attached hydrogens (tertiary/aromatic N) is 2. The van der Waals surface area contributed by atoms with Crippen molar-refractivity contribution < 1.29 is 23.8 Å². The van der Waals surface area contributed by atoms with E-state index < -0.39 is 28.6 Å². The van der Waals surface area contributed by atoms with Crippen LogP contribution in [0.4, 0.5) is 20.2 Å². The number of aromatic nitrogens is 1. The average molecular weight is 476 g/mol. The summed E-state index contributed by atoms with van der Waals surface area (Å²) < 4.78 is 33.4. The number of halogens is 3. The summed E-state index contributed by atoms with van der Waals surface area (Å²) in [5.41, 5.74) is -0.727. The zero-order valence-corrected chi connectivity index (χ0v) is 18.1. The predicted octanol–water partition coefficient (Wildman–Crippen LogP) is 3.89. The van der Waals surface area contributed by atoms with Crippen LogP contribution in [-0.4, -0.2) is 33.9 Å². The number of carboxylic acids is 1. The molecule has 2 heterocycles. The molecule has 5 rings (SSSR count). The van der Waals surface area contributed by atoms with E-state index in [4.69, 9.17) is 11.6 Å². The van der Waals surface area contributed by atoms with Crippen molar-refractivity contribution >= 4 is 39.8 Å². The van der Waals surface area contributed by atoms with Gasteiger partial charge in [-0.15, -0.1) is 0 Å². The number of carboxylic acid groups (broad SMARTS) is 1. The van der Waals surface area contributed by atoms with Crippen LogP contribution < -0.4 is 15.6 Å². The van der Waals surface area contributed by atoms with E-state index in [1.807, 2.05) is 6.07 Å². The molecule has 3 N–H and O–H groups in total. The van der Waals surface area contributed by atoms with Gasteiger partial charge in [0.25, 0.3) is 0 Å². The molecule has 0 unspecified atom stereocenters. The molecule has 1 fully saturated rings. The maximum atomic E-state index is 16.1. The van der Waals surface area contributed by atoms with Gasteiger partial charge in [-0.3, -0.25) is 4.79 Å². The molecule has 0 atom stereocenters. The van der Waals surface area contributed by atoms with Gasteiger partial charge in [-0.2, -0.15) is 0 Å². The number of anilines is 2.